The topological polar surface area (TPSA) is 86.8 Å². The van der Waals surface area contributed by atoms with E-state index >= 15 is 0 Å². The van der Waals surface area contributed by atoms with Crippen molar-refractivity contribution in [2.24, 2.45) is 0 Å². The number of amides is 1. The summed E-state index contributed by atoms with van der Waals surface area (Å²) in [5.41, 5.74) is 1.45. The molecule has 1 unspecified atom stereocenters. The molecule has 152 valence electrons. The van der Waals surface area contributed by atoms with Gasteiger partial charge in [0.25, 0.3) is 5.91 Å². The quantitative estimate of drug-likeness (QED) is 0.649. The Morgan fingerprint density at radius 2 is 2.07 bits per heavy atom. The third-order valence-corrected chi connectivity index (χ3v) is 5.73. The number of carbonyl (C=O) groups is 1. The summed E-state index contributed by atoms with van der Waals surface area (Å²) in [4.78, 5) is 31.1. The molecule has 0 aromatic carbocycles. The lowest BCUT2D eigenvalue weighted by molar-refractivity contribution is 0.0942. The number of rotatable bonds is 5. The summed E-state index contributed by atoms with van der Waals surface area (Å²) in [7, 11) is 4.35. The maximum atomic E-state index is 12.2. The van der Waals surface area contributed by atoms with Gasteiger partial charge in [0.1, 0.15) is 23.8 Å². The fourth-order valence-corrected chi connectivity index (χ4v) is 3.97. The summed E-state index contributed by atoms with van der Waals surface area (Å²) in [5, 5.41) is 3.96. The monoisotopic (exact) mass is 394 g/mol. The van der Waals surface area contributed by atoms with E-state index in [1.54, 1.807) is 12.5 Å². The van der Waals surface area contributed by atoms with E-state index in [2.05, 4.69) is 44.2 Å². The van der Waals surface area contributed by atoms with Crippen LogP contribution in [-0.4, -0.2) is 65.1 Å². The Hall–Kier alpha value is -3.00. The van der Waals surface area contributed by atoms with E-state index in [0.717, 1.165) is 42.2 Å². The predicted molar refractivity (Wildman–Crippen MR) is 115 cm³/mol. The van der Waals surface area contributed by atoms with Crippen molar-refractivity contribution in [2.75, 3.05) is 32.1 Å². The number of aromatic nitrogens is 4. The highest BCUT2D eigenvalue weighted by Crippen LogP contribution is 2.30. The summed E-state index contributed by atoms with van der Waals surface area (Å²) in [6, 6.07) is 6.34. The smallest absolute Gasteiger partial charge is 0.253 e. The van der Waals surface area contributed by atoms with Gasteiger partial charge in [-0.25, -0.2) is 15.0 Å². The molecule has 1 fully saturated rings. The van der Waals surface area contributed by atoms with Gasteiger partial charge in [-0.15, -0.1) is 0 Å². The van der Waals surface area contributed by atoms with E-state index in [4.69, 9.17) is 0 Å². The van der Waals surface area contributed by atoms with Gasteiger partial charge in [-0.05, 0) is 26.0 Å². The number of pyridine rings is 1. The van der Waals surface area contributed by atoms with Crippen molar-refractivity contribution in [2.45, 2.75) is 32.4 Å². The van der Waals surface area contributed by atoms with E-state index in [-0.39, 0.29) is 11.9 Å². The highest BCUT2D eigenvalue weighted by molar-refractivity contribution is 5.94. The minimum atomic E-state index is -0.0873. The molecule has 0 bridgehead atoms. The maximum Gasteiger partial charge on any atom is 0.253 e. The standard InChI is InChI=1S/C21H27N7O/c1-14(2)26-21(29)15-5-6-18(23-11-15)28(3,4)16-8-10-27(12-16)20-17-7-9-22-19(17)24-13-25-20/h5-7,9,11,13-14,16H,8,10,12H2,1-4H3,(H-,22,24,25,26,29)/p+1. The second-order valence-electron chi connectivity index (χ2n) is 8.40. The van der Waals surface area contributed by atoms with Crippen LogP contribution in [0.4, 0.5) is 11.6 Å². The van der Waals surface area contributed by atoms with E-state index in [1.165, 1.54) is 0 Å². The van der Waals surface area contributed by atoms with E-state index in [9.17, 15) is 4.79 Å². The molecule has 1 aliphatic heterocycles. The number of anilines is 1. The fourth-order valence-electron chi connectivity index (χ4n) is 3.97. The first-order valence-corrected chi connectivity index (χ1v) is 10.0. The molecule has 0 radical (unpaired) electrons. The Labute approximate surface area is 170 Å². The summed E-state index contributed by atoms with van der Waals surface area (Å²) in [5.74, 6) is 1.84. The molecule has 1 atom stereocenters. The molecule has 1 aliphatic rings. The number of nitrogens with zero attached hydrogens (tertiary/aromatic N) is 5. The predicted octanol–water partition coefficient (Wildman–Crippen LogP) is 2.34. The van der Waals surface area contributed by atoms with Gasteiger partial charge in [0, 0.05) is 37.5 Å². The summed E-state index contributed by atoms with van der Waals surface area (Å²) in [6.07, 6.45) is 6.23. The minimum Gasteiger partial charge on any atom is -0.350 e. The fraction of sp³-hybridized carbons (Fsp3) is 0.429. The Morgan fingerprint density at radius 1 is 1.24 bits per heavy atom. The number of carbonyl (C=O) groups excluding carboxylic acids is 1. The van der Waals surface area contributed by atoms with Crippen molar-refractivity contribution in [1.82, 2.24) is 29.7 Å². The number of aromatic amines is 1. The summed E-state index contributed by atoms with van der Waals surface area (Å²) in [6.45, 7) is 5.73. The molecule has 1 saturated heterocycles. The molecule has 0 saturated carbocycles. The number of nitrogens with one attached hydrogen (secondary N) is 2. The van der Waals surface area contributed by atoms with E-state index in [0.29, 0.717) is 16.1 Å². The number of fused-ring (bicyclic) bond motifs is 1. The first-order valence-electron chi connectivity index (χ1n) is 10.0. The molecule has 29 heavy (non-hydrogen) atoms. The third kappa shape index (κ3) is 3.67. The van der Waals surface area contributed by atoms with Crippen LogP contribution in [0.5, 0.6) is 0 Å². The molecule has 8 nitrogen and oxygen atoms in total. The number of likely N-dealkylation sites (N-methyl/N-ethyl adjacent to an activating group) is 1. The van der Waals surface area contributed by atoms with Gasteiger partial charge in [-0.3, -0.25) is 9.28 Å². The maximum absolute atomic E-state index is 12.2. The third-order valence-electron chi connectivity index (χ3n) is 5.73. The summed E-state index contributed by atoms with van der Waals surface area (Å²) >= 11 is 0. The van der Waals surface area contributed by atoms with Gasteiger partial charge in [-0.2, -0.15) is 0 Å². The van der Waals surface area contributed by atoms with Crippen molar-refractivity contribution >= 4 is 28.6 Å². The molecule has 0 spiro atoms. The zero-order valence-corrected chi connectivity index (χ0v) is 17.4. The van der Waals surface area contributed by atoms with Crippen LogP contribution in [0.2, 0.25) is 0 Å². The van der Waals surface area contributed by atoms with Gasteiger partial charge in [0.15, 0.2) is 0 Å². The van der Waals surface area contributed by atoms with Crippen molar-refractivity contribution in [3.05, 3.63) is 42.5 Å². The number of hydrogen-bond donors (Lipinski definition) is 2. The molecule has 0 aliphatic carbocycles. The largest absolute Gasteiger partial charge is 0.350 e. The van der Waals surface area contributed by atoms with E-state index < -0.39 is 0 Å². The molecule has 3 aromatic heterocycles. The number of H-pyrrole nitrogens is 1. The Balaban J connectivity index is 1.51. The van der Waals surface area contributed by atoms with Crippen molar-refractivity contribution in [3.63, 3.8) is 0 Å². The molecule has 3 aromatic rings. The first kappa shape index (κ1) is 19.3. The Morgan fingerprint density at radius 3 is 2.79 bits per heavy atom. The van der Waals surface area contributed by atoms with Crippen molar-refractivity contribution < 1.29 is 4.79 Å². The lowest BCUT2D eigenvalue weighted by Gasteiger charge is -2.34. The highest BCUT2D eigenvalue weighted by Gasteiger charge is 2.38. The van der Waals surface area contributed by atoms with Crippen LogP contribution in [0.3, 0.4) is 0 Å². The Kier molecular flexibility index (Phi) is 4.96. The lowest BCUT2D eigenvalue weighted by atomic mass is 10.1. The molecule has 2 N–H and O–H groups in total. The van der Waals surface area contributed by atoms with Crippen LogP contribution in [0, 0.1) is 0 Å². The van der Waals surface area contributed by atoms with Crippen LogP contribution in [0.1, 0.15) is 30.6 Å². The number of hydrogen-bond acceptors (Lipinski definition) is 5. The second kappa shape index (κ2) is 7.44. The van der Waals surface area contributed by atoms with Gasteiger partial charge in [0.05, 0.1) is 31.6 Å². The number of quaternary nitrogens is 1. The lowest BCUT2D eigenvalue weighted by Crippen LogP contribution is -2.51. The normalized spacial score (nSPS) is 17.3. The highest BCUT2D eigenvalue weighted by atomic mass is 16.1. The molecule has 8 heteroatoms. The van der Waals surface area contributed by atoms with Crippen LogP contribution in [0.25, 0.3) is 11.0 Å². The molecule has 4 heterocycles. The zero-order valence-electron chi connectivity index (χ0n) is 17.4. The van der Waals surface area contributed by atoms with Crippen LogP contribution >= 0.6 is 0 Å². The van der Waals surface area contributed by atoms with Gasteiger partial charge in [-0.1, -0.05) is 0 Å². The first-order chi connectivity index (χ1) is 13.9. The van der Waals surface area contributed by atoms with Crippen LogP contribution in [-0.2, 0) is 0 Å². The average Bonchev–Trinajstić information content (AvgIpc) is 3.37. The molecule has 1 amide bonds. The molecular formula is C21H28N7O+. The van der Waals surface area contributed by atoms with Crippen molar-refractivity contribution in [3.8, 4) is 0 Å². The van der Waals surface area contributed by atoms with Gasteiger partial charge >= 0.3 is 0 Å². The zero-order chi connectivity index (χ0) is 20.6. The van der Waals surface area contributed by atoms with Crippen LogP contribution < -0.4 is 14.7 Å². The molecular weight excluding hydrogens is 366 g/mol. The summed E-state index contributed by atoms with van der Waals surface area (Å²) < 4.78 is 0.657. The SMILES string of the molecule is CC(C)NC(=O)c1ccc([N+](C)(C)C2CCN(c3ncnc4[nH]ccc34)C2)nc1. The van der Waals surface area contributed by atoms with Gasteiger partial charge < -0.3 is 15.2 Å². The molecule has 4 rings (SSSR count). The average molecular weight is 395 g/mol. The van der Waals surface area contributed by atoms with Crippen molar-refractivity contribution in [1.29, 1.82) is 0 Å². The Bertz CT molecular complexity index is 1010. The van der Waals surface area contributed by atoms with Gasteiger partial charge in [0.2, 0.25) is 5.82 Å². The van der Waals surface area contributed by atoms with E-state index in [1.807, 2.05) is 38.2 Å². The minimum absolute atomic E-state index is 0.0873. The van der Waals surface area contributed by atoms with Crippen LogP contribution in [0.15, 0.2) is 36.9 Å². The second-order valence-corrected chi connectivity index (χ2v) is 8.40.